The Morgan fingerprint density at radius 2 is 2.27 bits per heavy atom. The summed E-state index contributed by atoms with van der Waals surface area (Å²) in [6.07, 6.45) is 0.804. The predicted molar refractivity (Wildman–Crippen MR) is 42.6 cm³/mol. The van der Waals surface area contributed by atoms with Gasteiger partial charge in [0.25, 0.3) is 0 Å². The van der Waals surface area contributed by atoms with E-state index in [0.717, 1.165) is 6.26 Å². The Balaban J connectivity index is 3.73. The lowest BCUT2D eigenvalue weighted by molar-refractivity contribution is 0.194. The maximum Gasteiger partial charge on any atom is 0.526 e. The van der Waals surface area contributed by atoms with Crippen LogP contribution in [-0.4, -0.2) is 16.3 Å². The van der Waals surface area contributed by atoms with Crippen molar-refractivity contribution in [2.24, 2.45) is 0 Å². The van der Waals surface area contributed by atoms with Crippen LogP contribution in [0.3, 0.4) is 0 Å². The molecule has 1 N–H and O–H groups in total. The lowest BCUT2D eigenvalue weighted by atomic mass is 10.9. The van der Waals surface area contributed by atoms with Crippen molar-refractivity contribution < 1.29 is 18.5 Å². The van der Waals surface area contributed by atoms with E-state index < -0.39 is 12.7 Å². The Bertz CT molecular complexity index is 171. The lowest BCUT2D eigenvalue weighted by Gasteiger charge is -2.09. The molecule has 0 bridgehead atoms. The average Bonchev–Trinajstić information content (AvgIpc) is 1.84. The van der Waals surface area contributed by atoms with Crippen LogP contribution in [0.5, 0.6) is 0 Å². The Morgan fingerprint density at radius 3 is 2.64 bits per heavy atom. The Labute approximate surface area is 74.3 Å². The molecular weight excluding hydrogens is 214 g/mol. The normalized spacial score (nSPS) is 16.0. The minimum absolute atomic E-state index is 0.273. The van der Waals surface area contributed by atoms with Crippen molar-refractivity contribution in [3.05, 3.63) is 12.8 Å². The van der Waals surface area contributed by atoms with Crippen molar-refractivity contribution >= 4 is 31.0 Å². The van der Waals surface area contributed by atoms with Gasteiger partial charge in [0.1, 0.15) is 4.84 Å². The van der Waals surface area contributed by atoms with Crippen LogP contribution in [0.1, 0.15) is 0 Å². The highest BCUT2D eigenvalue weighted by atomic mass is 35.5. The minimum Gasteiger partial charge on any atom is -0.413 e. The summed E-state index contributed by atoms with van der Waals surface area (Å²) < 4.78 is 19.0. The van der Waals surface area contributed by atoms with E-state index in [1.165, 1.54) is 0 Å². The average molecular weight is 221 g/mol. The SMILES string of the molecule is C=COP(=O)(O)OCC(Cl)Cl. The summed E-state index contributed by atoms with van der Waals surface area (Å²) in [5.41, 5.74) is 0. The van der Waals surface area contributed by atoms with E-state index >= 15 is 0 Å². The van der Waals surface area contributed by atoms with Gasteiger partial charge < -0.3 is 4.52 Å². The molecule has 11 heavy (non-hydrogen) atoms. The van der Waals surface area contributed by atoms with Crippen LogP contribution in [0.2, 0.25) is 0 Å². The van der Waals surface area contributed by atoms with Gasteiger partial charge in [-0.15, -0.1) is 23.2 Å². The lowest BCUT2D eigenvalue weighted by Crippen LogP contribution is -2.00. The van der Waals surface area contributed by atoms with Gasteiger partial charge >= 0.3 is 7.82 Å². The molecule has 0 aliphatic carbocycles. The molecule has 0 radical (unpaired) electrons. The number of phosphoric ester groups is 1. The van der Waals surface area contributed by atoms with Gasteiger partial charge in [-0.3, -0.25) is 9.42 Å². The van der Waals surface area contributed by atoms with Crippen LogP contribution in [0.25, 0.3) is 0 Å². The van der Waals surface area contributed by atoms with E-state index in [1.54, 1.807) is 0 Å². The zero-order chi connectivity index (χ0) is 8.91. The van der Waals surface area contributed by atoms with Gasteiger partial charge in [-0.2, -0.15) is 0 Å². The molecule has 0 aliphatic rings. The number of rotatable bonds is 5. The molecule has 66 valence electrons. The van der Waals surface area contributed by atoms with Crippen LogP contribution in [-0.2, 0) is 13.6 Å². The highest BCUT2D eigenvalue weighted by molar-refractivity contribution is 7.47. The van der Waals surface area contributed by atoms with E-state index in [9.17, 15) is 4.57 Å². The molecule has 0 saturated heterocycles. The first kappa shape index (κ1) is 11.3. The highest BCUT2D eigenvalue weighted by Crippen LogP contribution is 2.43. The van der Waals surface area contributed by atoms with Crippen molar-refractivity contribution in [3.63, 3.8) is 0 Å². The summed E-state index contributed by atoms with van der Waals surface area (Å²) in [6.45, 7) is 2.80. The monoisotopic (exact) mass is 220 g/mol. The van der Waals surface area contributed by atoms with Crippen LogP contribution in [0.15, 0.2) is 12.8 Å². The van der Waals surface area contributed by atoms with E-state index in [1.807, 2.05) is 0 Å². The molecule has 0 amide bonds. The van der Waals surface area contributed by atoms with Crippen molar-refractivity contribution in [3.8, 4) is 0 Å². The van der Waals surface area contributed by atoms with Gasteiger partial charge in [0, 0.05) is 0 Å². The van der Waals surface area contributed by atoms with E-state index in [0.29, 0.717) is 0 Å². The van der Waals surface area contributed by atoms with E-state index in [-0.39, 0.29) is 6.61 Å². The second kappa shape index (κ2) is 5.01. The largest absolute Gasteiger partial charge is 0.526 e. The highest BCUT2D eigenvalue weighted by Gasteiger charge is 2.21. The molecule has 0 saturated carbocycles. The Kier molecular flexibility index (Phi) is 5.13. The van der Waals surface area contributed by atoms with Crippen molar-refractivity contribution in [2.45, 2.75) is 4.84 Å². The quantitative estimate of drug-likeness (QED) is 0.438. The Hall–Kier alpha value is 0.270. The molecular formula is C4H7Cl2O4P. The summed E-state index contributed by atoms with van der Waals surface area (Å²) >= 11 is 10.4. The molecule has 0 spiro atoms. The van der Waals surface area contributed by atoms with E-state index in [2.05, 4.69) is 15.6 Å². The fourth-order valence-electron chi connectivity index (χ4n) is 0.275. The van der Waals surface area contributed by atoms with Gasteiger partial charge in [0.15, 0.2) is 0 Å². The molecule has 1 unspecified atom stereocenters. The molecule has 0 rings (SSSR count). The maximum absolute atomic E-state index is 10.6. The number of hydrogen-bond donors (Lipinski definition) is 1. The summed E-state index contributed by atoms with van der Waals surface area (Å²) in [7, 11) is -4.03. The van der Waals surface area contributed by atoms with Crippen LogP contribution >= 0.6 is 31.0 Å². The second-order valence-electron chi connectivity index (χ2n) is 1.43. The third-order valence-electron chi connectivity index (χ3n) is 0.571. The summed E-state index contributed by atoms with van der Waals surface area (Å²) in [5.74, 6) is 0. The van der Waals surface area contributed by atoms with Crippen molar-refractivity contribution in [1.82, 2.24) is 0 Å². The maximum atomic E-state index is 10.6. The molecule has 0 aromatic carbocycles. The molecule has 0 aromatic rings. The minimum atomic E-state index is -4.03. The van der Waals surface area contributed by atoms with Crippen molar-refractivity contribution in [2.75, 3.05) is 6.61 Å². The molecule has 0 heterocycles. The Morgan fingerprint density at radius 1 is 1.73 bits per heavy atom. The van der Waals surface area contributed by atoms with Gasteiger partial charge in [-0.1, -0.05) is 6.58 Å². The first-order valence-electron chi connectivity index (χ1n) is 2.53. The second-order valence-corrected chi connectivity index (χ2v) is 4.11. The first-order chi connectivity index (χ1) is 4.98. The van der Waals surface area contributed by atoms with Gasteiger partial charge in [0.05, 0.1) is 12.9 Å². The predicted octanol–water partition coefficient (Wildman–Crippen LogP) is 2.07. The third-order valence-corrected chi connectivity index (χ3v) is 1.71. The smallest absolute Gasteiger partial charge is 0.413 e. The summed E-state index contributed by atoms with van der Waals surface area (Å²) in [4.78, 5) is 7.83. The summed E-state index contributed by atoms with van der Waals surface area (Å²) in [6, 6.07) is 0. The third kappa shape index (κ3) is 6.66. The van der Waals surface area contributed by atoms with Gasteiger partial charge in [-0.05, 0) is 0 Å². The van der Waals surface area contributed by atoms with E-state index in [4.69, 9.17) is 28.1 Å². The van der Waals surface area contributed by atoms with Gasteiger partial charge in [0.2, 0.25) is 0 Å². The standard InChI is InChI=1S/C4H7Cl2O4P/c1-2-9-11(7,8)10-3-4(5)6/h2,4H,1,3H2,(H,7,8). The molecule has 0 aliphatic heterocycles. The molecule has 0 fully saturated rings. The van der Waals surface area contributed by atoms with Crippen LogP contribution < -0.4 is 0 Å². The fourth-order valence-corrected chi connectivity index (χ4v) is 1.16. The molecule has 0 aromatic heterocycles. The zero-order valence-electron chi connectivity index (χ0n) is 5.44. The topological polar surface area (TPSA) is 55.8 Å². The van der Waals surface area contributed by atoms with Crippen LogP contribution in [0.4, 0.5) is 0 Å². The summed E-state index contributed by atoms with van der Waals surface area (Å²) in [5, 5.41) is 0. The first-order valence-corrected chi connectivity index (χ1v) is 4.89. The molecule has 1 atom stereocenters. The number of alkyl halides is 2. The zero-order valence-corrected chi connectivity index (χ0v) is 7.85. The number of halogens is 2. The van der Waals surface area contributed by atoms with Crippen molar-refractivity contribution in [1.29, 1.82) is 0 Å². The number of phosphoric acid groups is 1. The molecule has 7 heteroatoms. The van der Waals surface area contributed by atoms with Gasteiger partial charge in [-0.25, -0.2) is 4.57 Å². The number of hydrogen-bond acceptors (Lipinski definition) is 3. The van der Waals surface area contributed by atoms with Crippen LogP contribution in [0, 0.1) is 0 Å². The fraction of sp³-hybridized carbons (Fsp3) is 0.500. The molecule has 4 nitrogen and oxygen atoms in total.